The van der Waals surface area contributed by atoms with E-state index in [1.54, 1.807) is 17.8 Å². The third-order valence-electron chi connectivity index (χ3n) is 5.27. The number of carbonyl (C=O) groups excluding carboxylic acids is 1. The molecule has 4 aromatic rings. The molecule has 9 heteroatoms. The van der Waals surface area contributed by atoms with Crippen LogP contribution in [0.25, 0.3) is 0 Å². The van der Waals surface area contributed by atoms with E-state index in [4.69, 9.17) is 20.9 Å². The maximum absolute atomic E-state index is 12.9. The van der Waals surface area contributed by atoms with Gasteiger partial charge in [0, 0.05) is 10.7 Å². The fraction of sp³-hybridized carbons (Fsp3) is 0.208. The minimum atomic E-state index is -0.471. The maximum atomic E-state index is 12.9. The summed E-state index contributed by atoms with van der Waals surface area (Å²) < 4.78 is 13.8. The molecule has 0 saturated carbocycles. The number of aromatic nitrogens is 3. The number of benzene rings is 2. The fourth-order valence-electron chi connectivity index (χ4n) is 3.21. The molecule has 7 nitrogen and oxygen atoms in total. The Balaban J connectivity index is 1.46. The molecule has 0 aliphatic carbocycles. The summed E-state index contributed by atoms with van der Waals surface area (Å²) in [6.45, 7) is 6.46. The lowest BCUT2D eigenvalue weighted by molar-refractivity contribution is 0.101. The molecule has 2 heterocycles. The molecule has 0 aliphatic rings. The van der Waals surface area contributed by atoms with Gasteiger partial charge in [-0.15, -0.1) is 0 Å². The first-order valence-corrected chi connectivity index (χ1v) is 11.4. The van der Waals surface area contributed by atoms with Gasteiger partial charge in [0.05, 0.1) is 12.1 Å². The zero-order valence-corrected chi connectivity index (χ0v) is 20.7. The van der Waals surface area contributed by atoms with Crippen molar-refractivity contribution in [2.24, 2.45) is 0 Å². The number of hydrogen-bond acceptors (Lipinski definition) is 5. The summed E-state index contributed by atoms with van der Waals surface area (Å²) in [4.78, 5) is 12.9. The van der Waals surface area contributed by atoms with Crippen LogP contribution in [0.3, 0.4) is 0 Å². The minimum absolute atomic E-state index is 0.134. The molecule has 170 valence electrons. The van der Waals surface area contributed by atoms with Crippen molar-refractivity contribution in [2.45, 2.75) is 33.9 Å². The quantitative estimate of drug-likeness (QED) is 0.313. The first-order valence-electron chi connectivity index (χ1n) is 10.2. The van der Waals surface area contributed by atoms with Gasteiger partial charge >= 0.3 is 0 Å². The number of halogens is 2. The Labute approximate surface area is 204 Å². The Hall–Kier alpha value is -3.10. The largest absolute Gasteiger partial charge is 0.489 e. The predicted octanol–water partition coefficient (Wildman–Crippen LogP) is 6.09. The Morgan fingerprint density at radius 3 is 2.64 bits per heavy atom. The van der Waals surface area contributed by atoms with Crippen molar-refractivity contribution in [3.05, 3.63) is 91.9 Å². The molecule has 0 bridgehead atoms. The highest BCUT2D eigenvalue weighted by molar-refractivity contribution is 9.10. The smallest absolute Gasteiger partial charge is 0.279 e. The predicted molar refractivity (Wildman–Crippen MR) is 130 cm³/mol. The van der Waals surface area contributed by atoms with Gasteiger partial charge in [0.15, 0.2) is 11.5 Å². The van der Waals surface area contributed by atoms with Crippen LogP contribution in [0.1, 0.15) is 38.5 Å². The van der Waals surface area contributed by atoms with E-state index in [-0.39, 0.29) is 18.1 Å². The Morgan fingerprint density at radius 1 is 1.15 bits per heavy atom. The zero-order valence-electron chi connectivity index (χ0n) is 18.4. The highest BCUT2D eigenvalue weighted by atomic mass is 79.9. The number of carbonyl (C=O) groups is 1. The zero-order chi connectivity index (χ0) is 23.5. The molecule has 2 aromatic carbocycles. The number of aryl methyl sites for hydroxylation is 3. The monoisotopic (exact) mass is 528 g/mol. The van der Waals surface area contributed by atoms with Crippen molar-refractivity contribution in [3.8, 4) is 5.75 Å². The molecule has 1 N–H and O–H groups in total. The van der Waals surface area contributed by atoms with E-state index in [9.17, 15) is 4.79 Å². The van der Waals surface area contributed by atoms with Gasteiger partial charge in [0.25, 0.3) is 5.91 Å². The van der Waals surface area contributed by atoms with Gasteiger partial charge in [0.2, 0.25) is 0 Å². The van der Waals surface area contributed by atoms with Gasteiger partial charge in [-0.05, 0) is 61.7 Å². The number of anilines is 1. The van der Waals surface area contributed by atoms with Crippen LogP contribution in [0.4, 0.5) is 5.82 Å². The van der Waals surface area contributed by atoms with Crippen LogP contribution in [0, 0.1) is 20.8 Å². The third kappa shape index (κ3) is 5.46. The van der Waals surface area contributed by atoms with Crippen LogP contribution in [-0.2, 0) is 13.2 Å². The van der Waals surface area contributed by atoms with Gasteiger partial charge in [-0.25, -0.2) is 0 Å². The van der Waals surface area contributed by atoms with Gasteiger partial charge in [-0.3, -0.25) is 9.48 Å². The van der Waals surface area contributed by atoms with Crippen LogP contribution in [-0.4, -0.2) is 20.8 Å². The molecule has 0 aliphatic heterocycles. The fourth-order valence-corrected chi connectivity index (χ4v) is 3.67. The molecule has 33 heavy (non-hydrogen) atoms. The molecule has 0 radical (unpaired) electrons. The number of hydrogen-bond donors (Lipinski definition) is 1. The molecular formula is C24H22BrClN4O3. The number of rotatable bonds is 7. The molecule has 1 amide bonds. The van der Waals surface area contributed by atoms with E-state index in [1.807, 2.05) is 56.3 Å². The molecule has 0 atom stereocenters. The summed E-state index contributed by atoms with van der Waals surface area (Å²) in [7, 11) is 0. The SMILES string of the molecule is Cc1ccc(OCc2c(C(=O)Nc3nn(Cc4ccc(Br)cc4)cc3Cl)noc2C)cc1C. The van der Waals surface area contributed by atoms with Crippen molar-refractivity contribution < 1.29 is 14.1 Å². The number of nitrogens with zero attached hydrogens (tertiary/aromatic N) is 3. The van der Waals surface area contributed by atoms with Gasteiger partial charge < -0.3 is 14.6 Å². The van der Waals surface area contributed by atoms with Gasteiger partial charge in [-0.2, -0.15) is 5.10 Å². The average molecular weight is 530 g/mol. The second kappa shape index (κ2) is 9.80. The summed E-state index contributed by atoms with van der Waals surface area (Å²) in [5.41, 5.74) is 4.06. The van der Waals surface area contributed by atoms with Crippen LogP contribution in [0.2, 0.25) is 5.02 Å². The van der Waals surface area contributed by atoms with Gasteiger partial charge in [-0.1, -0.05) is 50.9 Å². The van der Waals surface area contributed by atoms with E-state index in [1.165, 1.54) is 5.56 Å². The highest BCUT2D eigenvalue weighted by Gasteiger charge is 2.22. The average Bonchev–Trinajstić information content (AvgIpc) is 3.32. The van der Waals surface area contributed by atoms with Crippen LogP contribution < -0.4 is 10.1 Å². The number of nitrogens with one attached hydrogen (secondary N) is 1. The molecule has 0 unspecified atom stereocenters. The normalized spacial score (nSPS) is 10.9. The molecule has 0 spiro atoms. The van der Waals surface area contributed by atoms with E-state index >= 15 is 0 Å². The molecule has 0 fully saturated rings. The Kier molecular flexibility index (Phi) is 6.85. The van der Waals surface area contributed by atoms with Crippen molar-refractivity contribution in [2.75, 3.05) is 5.32 Å². The summed E-state index contributed by atoms with van der Waals surface area (Å²) in [5, 5.41) is 11.4. The van der Waals surface area contributed by atoms with Crippen molar-refractivity contribution in [3.63, 3.8) is 0 Å². The summed E-state index contributed by atoms with van der Waals surface area (Å²) >= 11 is 9.73. The Bertz CT molecular complexity index is 1300. The van der Waals surface area contributed by atoms with E-state index in [0.717, 1.165) is 15.6 Å². The summed E-state index contributed by atoms with van der Waals surface area (Å²) in [5.74, 6) is 0.998. The van der Waals surface area contributed by atoms with Crippen molar-refractivity contribution >= 4 is 39.3 Å². The third-order valence-corrected chi connectivity index (χ3v) is 6.07. The van der Waals surface area contributed by atoms with Crippen molar-refractivity contribution in [1.82, 2.24) is 14.9 Å². The molecular weight excluding hydrogens is 508 g/mol. The topological polar surface area (TPSA) is 82.2 Å². The number of ether oxygens (including phenoxy) is 1. The Morgan fingerprint density at radius 2 is 1.91 bits per heavy atom. The lowest BCUT2D eigenvalue weighted by Gasteiger charge is -2.09. The first-order chi connectivity index (χ1) is 15.8. The maximum Gasteiger partial charge on any atom is 0.279 e. The first kappa shape index (κ1) is 23.1. The molecule has 4 rings (SSSR count). The van der Waals surface area contributed by atoms with E-state index in [2.05, 4.69) is 31.5 Å². The second-order valence-corrected chi connectivity index (χ2v) is 9.03. The molecule has 2 aromatic heterocycles. The second-order valence-electron chi connectivity index (χ2n) is 7.70. The van der Waals surface area contributed by atoms with Crippen molar-refractivity contribution in [1.29, 1.82) is 0 Å². The summed E-state index contributed by atoms with van der Waals surface area (Å²) in [6, 6.07) is 13.7. The van der Waals surface area contributed by atoms with E-state index < -0.39 is 5.91 Å². The van der Waals surface area contributed by atoms with Gasteiger partial charge in [0.1, 0.15) is 23.1 Å². The number of amides is 1. The summed E-state index contributed by atoms with van der Waals surface area (Å²) in [6.07, 6.45) is 1.66. The lowest BCUT2D eigenvalue weighted by Crippen LogP contribution is -2.16. The highest BCUT2D eigenvalue weighted by Crippen LogP contribution is 2.24. The molecule has 0 saturated heterocycles. The lowest BCUT2D eigenvalue weighted by atomic mass is 10.1. The van der Waals surface area contributed by atoms with Crippen LogP contribution >= 0.6 is 27.5 Å². The van der Waals surface area contributed by atoms with E-state index in [0.29, 0.717) is 28.6 Å². The van der Waals surface area contributed by atoms with Crippen LogP contribution in [0.5, 0.6) is 5.75 Å². The standard InChI is InChI=1S/C24H22BrClN4O3/c1-14-4-9-19(10-15(14)2)32-13-20-16(3)33-29-22(20)24(31)27-23-21(26)12-30(28-23)11-17-5-7-18(25)8-6-17/h4-10,12H,11,13H2,1-3H3,(H,27,28,31). The minimum Gasteiger partial charge on any atom is -0.489 e. The van der Waals surface area contributed by atoms with Crippen LogP contribution in [0.15, 0.2) is 57.7 Å².